The molecule has 2 saturated heterocycles. The molecule has 1 spiro atoms. The monoisotopic (exact) mass is 432 g/mol. The number of cyclic esters (lactones) is 1. The fourth-order valence-corrected chi connectivity index (χ4v) is 5.68. The molecule has 4 aliphatic heterocycles. The van der Waals surface area contributed by atoms with Gasteiger partial charge in [0.15, 0.2) is 0 Å². The molecule has 4 heterocycles. The van der Waals surface area contributed by atoms with Gasteiger partial charge in [-0.15, -0.1) is 0 Å². The third-order valence-corrected chi connectivity index (χ3v) is 7.05. The van der Waals surface area contributed by atoms with E-state index < -0.39 is 40.6 Å². The van der Waals surface area contributed by atoms with Gasteiger partial charge in [0.2, 0.25) is 11.8 Å². The lowest BCUT2D eigenvalue weighted by molar-refractivity contribution is -0.162. The van der Waals surface area contributed by atoms with Crippen molar-refractivity contribution in [3.63, 3.8) is 0 Å². The molecule has 4 aliphatic rings. The van der Waals surface area contributed by atoms with Gasteiger partial charge in [-0.3, -0.25) is 14.4 Å². The lowest BCUT2D eigenvalue weighted by atomic mass is 9.73. The molecule has 1 unspecified atom stereocenters. The molecule has 4 rings (SSSR count). The molecule has 2 fully saturated rings. The minimum Gasteiger partial charge on any atom is -0.465 e. The predicted octanol–water partition coefficient (Wildman–Crippen LogP) is 1.04. The van der Waals surface area contributed by atoms with E-state index in [0.29, 0.717) is 19.4 Å². The minimum absolute atomic E-state index is 0.000591. The van der Waals surface area contributed by atoms with Crippen molar-refractivity contribution in [3.8, 4) is 0 Å². The Kier molecular flexibility index (Phi) is 5.29. The van der Waals surface area contributed by atoms with Gasteiger partial charge < -0.3 is 24.4 Å². The van der Waals surface area contributed by atoms with Crippen LogP contribution in [0.5, 0.6) is 0 Å². The number of ether oxygens (including phenoxy) is 2. The van der Waals surface area contributed by atoms with E-state index in [-0.39, 0.29) is 31.6 Å². The summed E-state index contributed by atoms with van der Waals surface area (Å²) in [5.74, 6) is -2.80. The summed E-state index contributed by atoms with van der Waals surface area (Å²) in [6, 6.07) is -0.951. The average Bonchev–Trinajstić information content (AvgIpc) is 3.02. The van der Waals surface area contributed by atoms with Gasteiger partial charge in [0.1, 0.15) is 23.2 Å². The largest absolute Gasteiger partial charge is 0.465 e. The SMILES string of the molecule is CC[C@]12C=CCCOC(=O)[C@H]1[C@H]1C(=O)N(CCO)C3C(=O)N(C(C)(C)C)CC=C[C@@]31O2. The first-order valence-electron chi connectivity index (χ1n) is 11.1. The summed E-state index contributed by atoms with van der Waals surface area (Å²) in [7, 11) is 0. The van der Waals surface area contributed by atoms with Gasteiger partial charge >= 0.3 is 5.97 Å². The molecule has 0 bridgehead atoms. The Morgan fingerprint density at radius 2 is 1.87 bits per heavy atom. The van der Waals surface area contributed by atoms with Gasteiger partial charge in [-0.25, -0.2) is 0 Å². The standard InChI is InChI=1S/C23H32N2O6/c1-5-22-9-6-7-14-30-20(29)16(22)15-18(27)24(12-13-26)17-19(28)25(21(2,3)4)11-8-10-23(15,17)31-22/h6,8-10,15-17,26H,5,7,11-14H2,1-4H3/t15-,16+,17?,22-,23-/m0/s1. The first-order chi connectivity index (χ1) is 14.6. The molecule has 31 heavy (non-hydrogen) atoms. The van der Waals surface area contributed by atoms with E-state index in [1.807, 2.05) is 52.0 Å². The highest BCUT2D eigenvalue weighted by molar-refractivity contribution is 5.99. The molecular formula is C23H32N2O6. The number of aliphatic hydroxyl groups excluding tert-OH is 1. The van der Waals surface area contributed by atoms with Crippen molar-refractivity contribution in [3.05, 3.63) is 24.3 Å². The highest BCUT2D eigenvalue weighted by Crippen LogP contribution is 2.58. The summed E-state index contributed by atoms with van der Waals surface area (Å²) in [6.45, 7) is 8.08. The number of β-amino-alcohol motifs (C(OH)–C–C–N with tert-alkyl or cyclic N) is 1. The van der Waals surface area contributed by atoms with E-state index in [4.69, 9.17) is 9.47 Å². The fraction of sp³-hybridized carbons (Fsp3) is 0.696. The highest BCUT2D eigenvalue weighted by atomic mass is 16.6. The van der Waals surface area contributed by atoms with Crippen molar-refractivity contribution in [1.82, 2.24) is 9.80 Å². The second-order valence-corrected chi connectivity index (χ2v) is 9.76. The Labute approximate surface area is 182 Å². The molecule has 0 aliphatic carbocycles. The number of carbonyl (C=O) groups is 3. The van der Waals surface area contributed by atoms with Crippen LogP contribution < -0.4 is 0 Å². The molecule has 1 N–H and O–H groups in total. The Bertz CT molecular complexity index is 845. The second kappa shape index (κ2) is 7.45. The summed E-state index contributed by atoms with van der Waals surface area (Å²) in [4.78, 5) is 43.8. The summed E-state index contributed by atoms with van der Waals surface area (Å²) >= 11 is 0. The lowest BCUT2D eigenvalue weighted by Crippen LogP contribution is -2.59. The van der Waals surface area contributed by atoms with Gasteiger partial charge in [0, 0.05) is 18.6 Å². The van der Waals surface area contributed by atoms with Crippen LogP contribution in [-0.4, -0.2) is 81.8 Å². The normalized spacial score (nSPS) is 37.7. The van der Waals surface area contributed by atoms with Crippen LogP contribution in [-0.2, 0) is 23.9 Å². The van der Waals surface area contributed by atoms with E-state index in [0.717, 1.165) is 0 Å². The smallest absolute Gasteiger partial charge is 0.313 e. The fourth-order valence-electron chi connectivity index (χ4n) is 5.68. The van der Waals surface area contributed by atoms with Crippen molar-refractivity contribution < 1.29 is 29.0 Å². The predicted molar refractivity (Wildman–Crippen MR) is 112 cm³/mol. The number of esters is 1. The quantitative estimate of drug-likeness (QED) is 0.529. The molecule has 2 amide bonds. The van der Waals surface area contributed by atoms with Crippen LogP contribution in [0.15, 0.2) is 24.3 Å². The average molecular weight is 433 g/mol. The maximum Gasteiger partial charge on any atom is 0.313 e. The van der Waals surface area contributed by atoms with E-state index in [2.05, 4.69) is 0 Å². The summed E-state index contributed by atoms with van der Waals surface area (Å²) in [5, 5.41) is 9.66. The van der Waals surface area contributed by atoms with Crippen molar-refractivity contribution in [2.24, 2.45) is 11.8 Å². The Morgan fingerprint density at radius 3 is 2.52 bits per heavy atom. The number of rotatable bonds is 3. The highest BCUT2D eigenvalue weighted by Gasteiger charge is 2.75. The third kappa shape index (κ3) is 3.06. The Balaban J connectivity index is 1.91. The van der Waals surface area contributed by atoms with Crippen molar-refractivity contribution in [2.75, 3.05) is 26.3 Å². The molecule has 0 saturated carbocycles. The summed E-state index contributed by atoms with van der Waals surface area (Å²) in [6.07, 6.45) is 8.52. The molecule has 170 valence electrons. The van der Waals surface area contributed by atoms with E-state index >= 15 is 0 Å². The van der Waals surface area contributed by atoms with Gasteiger partial charge in [-0.05, 0) is 33.6 Å². The van der Waals surface area contributed by atoms with Gasteiger partial charge in [-0.2, -0.15) is 0 Å². The molecule has 0 aromatic rings. The molecule has 5 atom stereocenters. The molecular weight excluding hydrogens is 400 g/mol. The molecule has 8 nitrogen and oxygen atoms in total. The van der Waals surface area contributed by atoms with Crippen LogP contribution in [0, 0.1) is 11.8 Å². The maximum absolute atomic E-state index is 13.9. The third-order valence-electron chi connectivity index (χ3n) is 7.05. The number of nitrogens with zero attached hydrogens (tertiary/aromatic N) is 2. The van der Waals surface area contributed by atoms with E-state index in [1.54, 1.807) is 4.90 Å². The van der Waals surface area contributed by atoms with Gasteiger partial charge in [0.05, 0.1) is 19.1 Å². The zero-order chi connectivity index (χ0) is 22.6. The van der Waals surface area contributed by atoms with Crippen LogP contribution in [0.1, 0.15) is 40.5 Å². The van der Waals surface area contributed by atoms with Crippen LogP contribution in [0.25, 0.3) is 0 Å². The van der Waals surface area contributed by atoms with E-state index in [9.17, 15) is 19.5 Å². The Morgan fingerprint density at radius 1 is 1.13 bits per heavy atom. The number of carbonyl (C=O) groups excluding carboxylic acids is 3. The van der Waals surface area contributed by atoms with Crippen LogP contribution in [0.3, 0.4) is 0 Å². The first-order valence-corrected chi connectivity index (χ1v) is 11.1. The summed E-state index contributed by atoms with van der Waals surface area (Å²) < 4.78 is 12.2. The zero-order valence-corrected chi connectivity index (χ0v) is 18.7. The molecule has 0 radical (unpaired) electrons. The van der Waals surface area contributed by atoms with Crippen molar-refractivity contribution in [1.29, 1.82) is 0 Å². The number of likely N-dealkylation sites (tertiary alicyclic amines) is 1. The van der Waals surface area contributed by atoms with E-state index in [1.165, 1.54) is 4.90 Å². The zero-order valence-electron chi connectivity index (χ0n) is 18.7. The summed E-state index contributed by atoms with van der Waals surface area (Å²) in [5.41, 5.74) is -2.79. The van der Waals surface area contributed by atoms with Crippen LogP contribution in [0.2, 0.25) is 0 Å². The molecule has 8 heteroatoms. The number of hydrogen-bond acceptors (Lipinski definition) is 6. The van der Waals surface area contributed by atoms with Crippen LogP contribution >= 0.6 is 0 Å². The van der Waals surface area contributed by atoms with Crippen molar-refractivity contribution >= 4 is 17.8 Å². The Hall–Kier alpha value is -2.19. The number of fused-ring (bicyclic) bond motifs is 2. The lowest BCUT2D eigenvalue weighted by Gasteiger charge is -2.41. The minimum atomic E-state index is -1.29. The van der Waals surface area contributed by atoms with Gasteiger partial charge in [0.25, 0.3) is 0 Å². The van der Waals surface area contributed by atoms with Crippen LogP contribution in [0.4, 0.5) is 0 Å². The number of hydrogen-bond donors (Lipinski definition) is 1. The maximum atomic E-state index is 13.9. The molecule has 0 aromatic heterocycles. The second-order valence-electron chi connectivity index (χ2n) is 9.76. The topological polar surface area (TPSA) is 96.4 Å². The number of aliphatic hydroxyl groups is 1. The number of amides is 2. The van der Waals surface area contributed by atoms with Gasteiger partial charge in [-0.1, -0.05) is 31.2 Å². The van der Waals surface area contributed by atoms with Crippen molar-refractivity contribution in [2.45, 2.75) is 63.3 Å². The molecule has 0 aromatic carbocycles. The first kappa shape index (κ1) is 22.0.